The SMILES string of the molecule is COc1c(C)cc(-c2nc3ccccn3c2C=O)cc1C. The summed E-state index contributed by atoms with van der Waals surface area (Å²) in [6, 6.07) is 9.68. The summed E-state index contributed by atoms with van der Waals surface area (Å²) < 4.78 is 7.19. The fourth-order valence-electron chi connectivity index (χ4n) is 2.75. The molecular weight excluding hydrogens is 264 g/mol. The molecule has 0 N–H and O–H groups in total. The van der Waals surface area contributed by atoms with Crippen LogP contribution in [0.5, 0.6) is 5.75 Å². The predicted octanol–water partition coefficient (Wildman–Crippen LogP) is 3.44. The molecule has 4 nitrogen and oxygen atoms in total. The van der Waals surface area contributed by atoms with Crippen LogP contribution in [0.3, 0.4) is 0 Å². The zero-order valence-electron chi connectivity index (χ0n) is 12.3. The van der Waals surface area contributed by atoms with Crippen molar-refractivity contribution in [3.8, 4) is 17.0 Å². The van der Waals surface area contributed by atoms with E-state index in [-0.39, 0.29) is 0 Å². The Kier molecular flexibility index (Phi) is 3.22. The van der Waals surface area contributed by atoms with Gasteiger partial charge in [-0.25, -0.2) is 4.98 Å². The number of benzene rings is 1. The topological polar surface area (TPSA) is 43.6 Å². The van der Waals surface area contributed by atoms with E-state index in [4.69, 9.17) is 4.74 Å². The second kappa shape index (κ2) is 5.05. The molecule has 0 saturated carbocycles. The van der Waals surface area contributed by atoms with Crippen LogP contribution in [0.15, 0.2) is 36.5 Å². The van der Waals surface area contributed by atoms with Crippen molar-refractivity contribution in [2.24, 2.45) is 0 Å². The van der Waals surface area contributed by atoms with Crippen LogP contribution in [-0.2, 0) is 0 Å². The summed E-state index contributed by atoms with van der Waals surface area (Å²) >= 11 is 0. The van der Waals surface area contributed by atoms with E-state index in [9.17, 15) is 4.79 Å². The van der Waals surface area contributed by atoms with Gasteiger partial charge in [0.15, 0.2) is 6.29 Å². The number of fused-ring (bicyclic) bond motifs is 1. The van der Waals surface area contributed by atoms with Gasteiger partial charge in [-0.2, -0.15) is 0 Å². The zero-order valence-corrected chi connectivity index (χ0v) is 12.3. The minimum Gasteiger partial charge on any atom is -0.496 e. The molecule has 0 atom stereocenters. The van der Waals surface area contributed by atoms with Gasteiger partial charge in [-0.3, -0.25) is 9.20 Å². The summed E-state index contributed by atoms with van der Waals surface area (Å²) in [5.41, 5.74) is 5.01. The number of aldehydes is 1. The van der Waals surface area contributed by atoms with Gasteiger partial charge in [0.1, 0.15) is 22.8 Å². The lowest BCUT2D eigenvalue weighted by Crippen LogP contribution is -1.95. The van der Waals surface area contributed by atoms with Crippen molar-refractivity contribution >= 4 is 11.9 Å². The molecule has 2 heterocycles. The van der Waals surface area contributed by atoms with Gasteiger partial charge in [0.2, 0.25) is 0 Å². The van der Waals surface area contributed by atoms with E-state index in [0.717, 1.165) is 34.4 Å². The number of imidazole rings is 1. The van der Waals surface area contributed by atoms with Crippen LogP contribution in [0.1, 0.15) is 21.6 Å². The number of rotatable bonds is 3. The van der Waals surface area contributed by atoms with Crippen molar-refractivity contribution in [1.29, 1.82) is 0 Å². The summed E-state index contributed by atoms with van der Waals surface area (Å²) in [6.07, 6.45) is 2.70. The lowest BCUT2D eigenvalue weighted by Gasteiger charge is -2.10. The molecule has 3 rings (SSSR count). The van der Waals surface area contributed by atoms with E-state index >= 15 is 0 Å². The molecule has 4 heteroatoms. The number of nitrogens with zero attached hydrogens (tertiary/aromatic N) is 2. The van der Waals surface area contributed by atoms with Gasteiger partial charge in [0.05, 0.1) is 7.11 Å². The Morgan fingerprint density at radius 1 is 1.19 bits per heavy atom. The molecule has 0 unspecified atom stereocenters. The molecule has 0 amide bonds. The molecule has 0 bridgehead atoms. The van der Waals surface area contributed by atoms with Gasteiger partial charge in [-0.05, 0) is 49.2 Å². The molecule has 0 aliphatic heterocycles. The van der Waals surface area contributed by atoms with Gasteiger partial charge in [-0.15, -0.1) is 0 Å². The Bertz CT molecular complexity index is 811. The molecule has 3 aromatic rings. The van der Waals surface area contributed by atoms with E-state index in [1.165, 1.54) is 0 Å². The van der Waals surface area contributed by atoms with Crippen LogP contribution in [-0.4, -0.2) is 22.8 Å². The van der Waals surface area contributed by atoms with Crippen molar-refractivity contribution in [2.75, 3.05) is 7.11 Å². The maximum absolute atomic E-state index is 11.5. The van der Waals surface area contributed by atoms with Crippen LogP contribution >= 0.6 is 0 Å². The van der Waals surface area contributed by atoms with Crippen LogP contribution in [0.25, 0.3) is 16.9 Å². The van der Waals surface area contributed by atoms with Crippen molar-refractivity contribution in [2.45, 2.75) is 13.8 Å². The third-order valence-electron chi connectivity index (χ3n) is 3.62. The van der Waals surface area contributed by atoms with Crippen molar-refractivity contribution in [3.05, 3.63) is 53.3 Å². The highest BCUT2D eigenvalue weighted by Gasteiger charge is 2.15. The first-order chi connectivity index (χ1) is 10.2. The lowest BCUT2D eigenvalue weighted by atomic mass is 10.0. The van der Waals surface area contributed by atoms with Crippen molar-refractivity contribution in [3.63, 3.8) is 0 Å². The average molecular weight is 280 g/mol. The zero-order chi connectivity index (χ0) is 15.0. The molecular formula is C17H16N2O2. The van der Waals surface area contributed by atoms with Crippen LogP contribution < -0.4 is 4.74 Å². The Balaban J connectivity index is 2.28. The Labute approximate surface area is 123 Å². The average Bonchev–Trinajstić information content (AvgIpc) is 2.85. The molecule has 0 radical (unpaired) electrons. The fourth-order valence-corrected chi connectivity index (χ4v) is 2.75. The van der Waals surface area contributed by atoms with E-state index in [0.29, 0.717) is 11.4 Å². The number of carbonyl (C=O) groups is 1. The maximum atomic E-state index is 11.5. The van der Waals surface area contributed by atoms with Gasteiger partial charge in [0, 0.05) is 11.8 Å². The first-order valence-electron chi connectivity index (χ1n) is 6.73. The maximum Gasteiger partial charge on any atom is 0.169 e. The van der Waals surface area contributed by atoms with Crippen molar-refractivity contribution in [1.82, 2.24) is 9.38 Å². The number of ether oxygens (including phenoxy) is 1. The number of hydrogen-bond donors (Lipinski definition) is 0. The normalized spacial score (nSPS) is 10.8. The molecule has 21 heavy (non-hydrogen) atoms. The van der Waals surface area contributed by atoms with Crippen LogP contribution in [0.2, 0.25) is 0 Å². The number of carbonyl (C=O) groups excluding carboxylic acids is 1. The molecule has 2 aromatic heterocycles. The standard InChI is InChI=1S/C17H16N2O2/c1-11-8-13(9-12(2)17(11)21-3)16-14(10-20)19-7-5-4-6-15(19)18-16/h4-10H,1-3H3. The molecule has 0 aliphatic rings. The minimum absolute atomic E-state index is 0.564. The van der Waals surface area contributed by atoms with E-state index in [1.807, 2.05) is 50.4 Å². The van der Waals surface area contributed by atoms with Gasteiger partial charge >= 0.3 is 0 Å². The number of pyridine rings is 1. The Morgan fingerprint density at radius 3 is 2.52 bits per heavy atom. The minimum atomic E-state index is 0.564. The molecule has 0 saturated heterocycles. The largest absolute Gasteiger partial charge is 0.496 e. The van der Waals surface area contributed by atoms with E-state index in [2.05, 4.69) is 4.98 Å². The van der Waals surface area contributed by atoms with Crippen molar-refractivity contribution < 1.29 is 9.53 Å². The second-order valence-corrected chi connectivity index (χ2v) is 5.04. The first kappa shape index (κ1) is 13.4. The Morgan fingerprint density at radius 2 is 1.90 bits per heavy atom. The summed E-state index contributed by atoms with van der Waals surface area (Å²) in [5.74, 6) is 0.871. The molecule has 0 spiro atoms. The molecule has 0 fully saturated rings. The summed E-state index contributed by atoms with van der Waals surface area (Å²) in [7, 11) is 1.66. The first-order valence-corrected chi connectivity index (χ1v) is 6.73. The lowest BCUT2D eigenvalue weighted by molar-refractivity contribution is 0.111. The van der Waals surface area contributed by atoms with Crippen LogP contribution in [0, 0.1) is 13.8 Å². The van der Waals surface area contributed by atoms with E-state index in [1.54, 1.807) is 11.5 Å². The second-order valence-electron chi connectivity index (χ2n) is 5.04. The Hall–Kier alpha value is -2.62. The third kappa shape index (κ3) is 2.09. The van der Waals surface area contributed by atoms with Gasteiger partial charge in [-0.1, -0.05) is 6.07 Å². The molecule has 106 valence electrons. The van der Waals surface area contributed by atoms with E-state index < -0.39 is 0 Å². The molecule has 1 aromatic carbocycles. The number of aryl methyl sites for hydroxylation is 2. The summed E-state index contributed by atoms with van der Waals surface area (Å²) in [4.78, 5) is 16.1. The quantitative estimate of drug-likeness (QED) is 0.690. The van der Waals surface area contributed by atoms with Gasteiger partial charge in [0.25, 0.3) is 0 Å². The number of hydrogen-bond acceptors (Lipinski definition) is 3. The van der Waals surface area contributed by atoms with Crippen LogP contribution in [0.4, 0.5) is 0 Å². The number of methoxy groups -OCH3 is 1. The fraction of sp³-hybridized carbons (Fsp3) is 0.176. The van der Waals surface area contributed by atoms with Gasteiger partial charge < -0.3 is 4.74 Å². The highest BCUT2D eigenvalue weighted by Crippen LogP contribution is 2.31. The highest BCUT2D eigenvalue weighted by molar-refractivity contribution is 5.86. The monoisotopic (exact) mass is 280 g/mol. The third-order valence-corrected chi connectivity index (χ3v) is 3.62. The number of aromatic nitrogens is 2. The summed E-state index contributed by atoms with van der Waals surface area (Å²) in [6.45, 7) is 3.98. The highest BCUT2D eigenvalue weighted by atomic mass is 16.5. The molecule has 0 aliphatic carbocycles. The summed E-state index contributed by atoms with van der Waals surface area (Å²) in [5, 5.41) is 0. The predicted molar refractivity (Wildman–Crippen MR) is 82.0 cm³/mol. The smallest absolute Gasteiger partial charge is 0.169 e.